The second kappa shape index (κ2) is 9.90. The van der Waals surface area contributed by atoms with E-state index < -0.39 is 23.0 Å². The zero-order chi connectivity index (χ0) is 27.2. The van der Waals surface area contributed by atoms with Gasteiger partial charge in [-0.25, -0.2) is 12.8 Å². The highest BCUT2D eigenvalue weighted by Gasteiger charge is 2.33. The number of amides is 1. The number of anilines is 1. The van der Waals surface area contributed by atoms with Gasteiger partial charge in [-0.2, -0.15) is 0 Å². The number of furan rings is 1. The maximum atomic E-state index is 13.6. The molecule has 1 aromatic heterocycles. The van der Waals surface area contributed by atoms with Crippen LogP contribution in [0.15, 0.2) is 65.1 Å². The number of sulfonamides is 1. The Morgan fingerprint density at radius 2 is 1.76 bits per heavy atom. The molecule has 38 heavy (non-hydrogen) atoms. The van der Waals surface area contributed by atoms with Gasteiger partial charge in [0.2, 0.25) is 10.0 Å². The minimum Gasteiger partial charge on any atom is -0.455 e. The predicted molar refractivity (Wildman–Crippen MR) is 144 cm³/mol. The second-order valence-electron chi connectivity index (χ2n) is 9.46. The Labute approximate surface area is 219 Å². The van der Waals surface area contributed by atoms with E-state index in [4.69, 9.17) is 4.42 Å². The standard InChI is InChI=1S/C27H26BFN2O6S/c1-30-27(32)25-22-13-21(17-5-6-17)23(14-24(22)37-26(25)18-7-11-20(29)12-8-18)31(38(2,35)36)15-16-3-9-19(10-4-16)28(33)34/h3-4,7-14,17,33-34H,5-6,15H2,1-2H3,(H,30,32). The van der Waals surface area contributed by atoms with Crippen molar-refractivity contribution in [2.45, 2.75) is 25.3 Å². The fraction of sp³-hybridized carbons (Fsp3) is 0.222. The van der Waals surface area contributed by atoms with Crippen LogP contribution in [0.5, 0.6) is 0 Å². The third-order valence-electron chi connectivity index (χ3n) is 6.69. The molecule has 0 saturated heterocycles. The highest BCUT2D eigenvalue weighted by atomic mass is 32.2. The number of rotatable bonds is 8. The van der Waals surface area contributed by atoms with Gasteiger partial charge in [0.25, 0.3) is 5.91 Å². The largest absolute Gasteiger partial charge is 0.488 e. The molecule has 1 amide bonds. The van der Waals surface area contributed by atoms with Crippen molar-refractivity contribution >= 4 is 45.2 Å². The van der Waals surface area contributed by atoms with E-state index in [1.807, 2.05) is 6.07 Å². The van der Waals surface area contributed by atoms with Crippen molar-refractivity contribution in [3.05, 3.63) is 83.2 Å². The fourth-order valence-electron chi connectivity index (χ4n) is 4.58. The summed E-state index contributed by atoms with van der Waals surface area (Å²) in [5.74, 6) is -0.395. The van der Waals surface area contributed by atoms with Crippen molar-refractivity contribution in [3.63, 3.8) is 0 Å². The molecule has 1 aliphatic rings. The minimum absolute atomic E-state index is 0.0136. The Morgan fingerprint density at radius 1 is 1.11 bits per heavy atom. The van der Waals surface area contributed by atoms with Gasteiger partial charge in [0.1, 0.15) is 17.2 Å². The molecule has 11 heteroatoms. The molecule has 1 heterocycles. The number of fused-ring (bicyclic) bond motifs is 1. The highest BCUT2D eigenvalue weighted by Crippen LogP contribution is 2.48. The van der Waals surface area contributed by atoms with Crippen LogP contribution in [-0.4, -0.2) is 44.8 Å². The molecule has 0 spiro atoms. The van der Waals surface area contributed by atoms with Crippen LogP contribution in [0.2, 0.25) is 0 Å². The molecular weight excluding hydrogens is 510 g/mol. The molecule has 0 radical (unpaired) electrons. The molecule has 3 N–H and O–H groups in total. The molecule has 8 nitrogen and oxygen atoms in total. The van der Waals surface area contributed by atoms with Crippen LogP contribution < -0.4 is 15.1 Å². The molecule has 5 rings (SSSR count). The summed E-state index contributed by atoms with van der Waals surface area (Å²) in [5.41, 5.74) is 3.34. The number of carbonyl (C=O) groups is 1. The normalized spacial score (nSPS) is 13.5. The van der Waals surface area contributed by atoms with Gasteiger partial charge < -0.3 is 19.8 Å². The minimum atomic E-state index is -3.75. The van der Waals surface area contributed by atoms with E-state index in [1.165, 1.54) is 47.8 Å². The highest BCUT2D eigenvalue weighted by molar-refractivity contribution is 7.92. The summed E-state index contributed by atoms with van der Waals surface area (Å²) in [4.78, 5) is 13.0. The average molecular weight is 536 g/mol. The van der Waals surface area contributed by atoms with Crippen LogP contribution in [0.3, 0.4) is 0 Å². The predicted octanol–water partition coefficient (Wildman–Crippen LogP) is 3.12. The summed E-state index contributed by atoms with van der Waals surface area (Å²) in [6.07, 6.45) is 2.90. The maximum Gasteiger partial charge on any atom is 0.488 e. The van der Waals surface area contributed by atoms with Crippen molar-refractivity contribution in [2.75, 3.05) is 17.6 Å². The third kappa shape index (κ3) is 5.04. The lowest BCUT2D eigenvalue weighted by Crippen LogP contribution is -2.31. The average Bonchev–Trinajstić information content (AvgIpc) is 3.66. The van der Waals surface area contributed by atoms with Gasteiger partial charge in [0.05, 0.1) is 24.1 Å². The number of nitrogens with one attached hydrogen (secondary N) is 1. The fourth-order valence-corrected chi connectivity index (χ4v) is 5.48. The third-order valence-corrected chi connectivity index (χ3v) is 7.81. The molecule has 1 saturated carbocycles. The van der Waals surface area contributed by atoms with Crippen molar-refractivity contribution in [3.8, 4) is 11.3 Å². The first-order chi connectivity index (χ1) is 18.1. The zero-order valence-corrected chi connectivity index (χ0v) is 21.6. The molecule has 196 valence electrons. The summed E-state index contributed by atoms with van der Waals surface area (Å²) in [6.45, 7) is 0.0136. The summed E-state index contributed by atoms with van der Waals surface area (Å²) in [5, 5.41) is 21.9. The smallest absolute Gasteiger partial charge is 0.455 e. The van der Waals surface area contributed by atoms with Crippen LogP contribution in [-0.2, 0) is 16.6 Å². The van der Waals surface area contributed by atoms with Crippen LogP contribution in [0.4, 0.5) is 10.1 Å². The van der Waals surface area contributed by atoms with Gasteiger partial charge in [-0.1, -0.05) is 24.3 Å². The van der Waals surface area contributed by atoms with Crippen LogP contribution >= 0.6 is 0 Å². The molecular formula is C27H26BFN2O6S. The molecule has 0 atom stereocenters. The first-order valence-electron chi connectivity index (χ1n) is 12.1. The number of benzene rings is 3. The van der Waals surface area contributed by atoms with Crippen molar-refractivity contribution in [2.24, 2.45) is 0 Å². The van der Waals surface area contributed by atoms with E-state index in [9.17, 15) is 27.7 Å². The van der Waals surface area contributed by atoms with E-state index in [0.29, 0.717) is 38.8 Å². The summed E-state index contributed by atoms with van der Waals surface area (Å²) in [6, 6.07) is 15.4. The van der Waals surface area contributed by atoms with Crippen molar-refractivity contribution in [1.29, 1.82) is 0 Å². The van der Waals surface area contributed by atoms with Gasteiger partial charge in [0, 0.05) is 24.1 Å². The van der Waals surface area contributed by atoms with E-state index >= 15 is 0 Å². The lowest BCUT2D eigenvalue weighted by molar-refractivity contribution is 0.0964. The number of hydrogen-bond acceptors (Lipinski definition) is 6. The number of nitrogens with zero attached hydrogens (tertiary/aromatic N) is 1. The van der Waals surface area contributed by atoms with Gasteiger partial charge in [0.15, 0.2) is 0 Å². The first-order valence-corrected chi connectivity index (χ1v) is 13.9. The van der Waals surface area contributed by atoms with Gasteiger partial charge in [-0.05, 0) is 65.7 Å². The molecule has 0 unspecified atom stereocenters. The first kappa shape index (κ1) is 26.0. The van der Waals surface area contributed by atoms with Gasteiger partial charge in [-0.3, -0.25) is 9.10 Å². The molecule has 0 bridgehead atoms. The zero-order valence-electron chi connectivity index (χ0n) is 20.8. The van der Waals surface area contributed by atoms with Crippen LogP contribution in [0.1, 0.15) is 40.2 Å². The molecule has 4 aromatic rings. The molecule has 0 aliphatic heterocycles. The monoisotopic (exact) mass is 536 g/mol. The van der Waals surface area contributed by atoms with Crippen molar-refractivity contribution in [1.82, 2.24) is 5.32 Å². The lowest BCUT2D eigenvalue weighted by atomic mass is 9.80. The summed E-state index contributed by atoms with van der Waals surface area (Å²) < 4.78 is 47.1. The topological polar surface area (TPSA) is 120 Å². The molecule has 1 aliphatic carbocycles. The second-order valence-corrected chi connectivity index (χ2v) is 11.4. The van der Waals surface area contributed by atoms with Crippen LogP contribution in [0, 0.1) is 5.82 Å². The van der Waals surface area contributed by atoms with Crippen LogP contribution in [0.25, 0.3) is 22.3 Å². The van der Waals surface area contributed by atoms with E-state index in [0.717, 1.165) is 24.7 Å². The Balaban J connectivity index is 1.68. The Kier molecular flexibility index (Phi) is 6.76. The quantitative estimate of drug-likeness (QED) is 0.298. The Morgan fingerprint density at radius 3 is 2.32 bits per heavy atom. The van der Waals surface area contributed by atoms with E-state index in [-0.39, 0.29) is 24.1 Å². The molecule has 3 aromatic carbocycles. The number of carbonyl (C=O) groups excluding carboxylic acids is 1. The van der Waals surface area contributed by atoms with E-state index in [2.05, 4.69) is 5.32 Å². The van der Waals surface area contributed by atoms with Gasteiger partial charge in [-0.15, -0.1) is 0 Å². The Bertz CT molecular complexity index is 1610. The SMILES string of the molecule is CNC(=O)c1c(-c2ccc(F)cc2)oc2cc(N(Cc3ccc(B(O)O)cc3)S(C)(=O)=O)c(C3CC3)cc12. The number of halogens is 1. The summed E-state index contributed by atoms with van der Waals surface area (Å²) >= 11 is 0. The van der Waals surface area contributed by atoms with Gasteiger partial charge >= 0.3 is 7.12 Å². The molecule has 1 fully saturated rings. The number of hydrogen-bond donors (Lipinski definition) is 3. The van der Waals surface area contributed by atoms with E-state index in [1.54, 1.807) is 18.2 Å². The maximum absolute atomic E-state index is 13.6. The summed E-state index contributed by atoms with van der Waals surface area (Å²) in [7, 11) is -3.86. The Hall–Kier alpha value is -3.67. The van der Waals surface area contributed by atoms with Crippen molar-refractivity contribution < 1.29 is 32.1 Å². The lowest BCUT2D eigenvalue weighted by Gasteiger charge is -2.25.